The van der Waals surface area contributed by atoms with E-state index >= 15 is 0 Å². The lowest BCUT2D eigenvalue weighted by atomic mass is 10.2. The highest BCUT2D eigenvalue weighted by atomic mass is 35.6. The van der Waals surface area contributed by atoms with Crippen LogP contribution in [0, 0.1) is 0 Å². The van der Waals surface area contributed by atoms with E-state index in [0.29, 0.717) is 10.6 Å². The number of hydrogen-bond acceptors (Lipinski definition) is 2. The molecular weight excluding hydrogens is 342 g/mol. The van der Waals surface area contributed by atoms with Gasteiger partial charge >= 0.3 is 0 Å². The van der Waals surface area contributed by atoms with Gasteiger partial charge in [-0.1, -0.05) is 58.5 Å². The Balaban J connectivity index is 2.16. The minimum absolute atomic E-state index is 0.348. The molecule has 1 amide bonds. The summed E-state index contributed by atoms with van der Waals surface area (Å²) >= 11 is 24.0. The Labute approximate surface area is 138 Å². The molecule has 1 unspecified atom stereocenters. The van der Waals surface area contributed by atoms with Crippen LogP contribution >= 0.6 is 46.4 Å². The lowest BCUT2D eigenvalue weighted by Gasteiger charge is -2.33. The van der Waals surface area contributed by atoms with Gasteiger partial charge in [0.2, 0.25) is 3.79 Å². The molecule has 0 aliphatic carbocycles. The highest BCUT2D eigenvalue weighted by Gasteiger charge is 2.39. The minimum Gasteiger partial charge on any atom is -0.332 e. The van der Waals surface area contributed by atoms with Crippen molar-refractivity contribution >= 4 is 52.3 Å². The second-order valence-corrected chi connectivity index (χ2v) is 7.42. The molecule has 1 saturated heterocycles. The SMILES string of the molecule is O=C(NC(N1CCCC1)C(Cl)(Cl)Cl)c1ccccc1Cl. The van der Waals surface area contributed by atoms with Crippen molar-refractivity contribution in [1.29, 1.82) is 0 Å². The van der Waals surface area contributed by atoms with Crippen LogP contribution in [0.5, 0.6) is 0 Å². The Kier molecular flexibility index (Phi) is 5.43. The van der Waals surface area contributed by atoms with Crippen LogP contribution in [0.25, 0.3) is 0 Å². The maximum absolute atomic E-state index is 12.3. The molecule has 1 fully saturated rings. The second-order valence-electron chi connectivity index (χ2n) is 4.64. The van der Waals surface area contributed by atoms with Gasteiger partial charge in [-0.3, -0.25) is 9.69 Å². The molecule has 0 radical (unpaired) electrons. The van der Waals surface area contributed by atoms with E-state index < -0.39 is 9.96 Å². The van der Waals surface area contributed by atoms with Crippen molar-refractivity contribution in [3.8, 4) is 0 Å². The van der Waals surface area contributed by atoms with E-state index in [2.05, 4.69) is 5.32 Å². The maximum atomic E-state index is 12.3. The summed E-state index contributed by atoms with van der Waals surface area (Å²) in [4.78, 5) is 14.2. The third kappa shape index (κ3) is 3.92. The molecule has 2 rings (SSSR count). The Morgan fingerprint density at radius 2 is 1.80 bits per heavy atom. The molecule has 0 aromatic heterocycles. The lowest BCUT2D eigenvalue weighted by Crippen LogP contribution is -2.54. The monoisotopic (exact) mass is 354 g/mol. The molecule has 1 atom stereocenters. The number of halogens is 4. The summed E-state index contributed by atoms with van der Waals surface area (Å²) in [5.41, 5.74) is 0.368. The molecule has 20 heavy (non-hydrogen) atoms. The predicted molar refractivity (Wildman–Crippen MR) is 83.8 cm³/mol. The molecule has 1 N–H and O–H groups in total. The van der Waals surface area contributed by atoms with Crippen LogP contribution in [0.1, 0.15) is 23.2 Å². The van der Waals surface area contributed by atoms with E-state index in [0.717, 1.165) is 25.9 Å². The number of alkyl halides is 3. The number of rotatable bonds is 3. The maximum Gasteiger partial charge on any atom is 0.254 e. The number of hydrogen-bond donors (Lipinski definition) is 1. The van der Waals surface area contributed by atoms with Gasteiger partial charge in [-0.05, 0) is 25.0 Å². The number of amides is 1. The first-order valence-corrected chi connectivity index (χ1v) is 7.77. The summed E-state index contributed by atoms with van der Waals surface area (Å²) < 4.78 is -1.60. The van der Waals surface area contributed by atoms with Crippen LogP contribution in [0.3, 0.4) is 0 Å². The Bertz CT molecular complexity index is 484. The van der Waals surface area contributed by atoms with Gasteiger partial charge in [-0.2, -0.15) is 0 Å². The molecule has 1 aromatic rings. The van der Waals surface area contributed by atoms with Crippen LogP contribution < -0.4 is 5.32 Å². The van der Waals surface area contributed by atoms with Gasteiger partial charge in [-0.25, -0.2) is 0 Å². The van der Waals surface area contributed by atoms with Gasteiger partial charge in [0.25, 0.3) is 5.91 Å². The number of nitrogens with one attached hydrogen (secondary N) is 1. The second kappa shape index (κ2) is 6.71. The van der Waals surface area contributed by atoms with E-state index in [1.165, 1.54) is 0 Å². The molecular formula is C13H14Cl4N2O. The van der Waals surface area contributed by atoms with Crippen molar-refractivity contribution in [1.82, 2.24) is 10.2 Å². The Hall–Kier alpha value is -0.190. The van der Waals surface area contributed by atoms with Gasteiger partial charge in [0, 0.05) is 13.1 Å². The van der Waals surface area contributed by atoms with E-state index in [4.69, 9.17) is 46.4 Å². The standard InChI is InChI=1S/C13H14Cl4N2O/c14-10-6-2-1-5-9(10)11(20)18-12(13(15,16)17)19-7-3-4-8-19/h1-2,5-6,12H,3-4,7-8H2,(H,18,20). The number of carbonyl (C=O) groups excluding carboxylic acids is 1. The summed E-state index contributed by atoms with van der Waals surface area (Å²) in [7, 11) is 0. The molecule has 7 heteroatoms. The molecule has 0 saturated carbocycles. The summed E-state index contributed by atoms with van der Waals surface area (Å²) in [5, 5.41) is 3.13. The molecule has 0 bridgehead atoms. The van der Waals surface area contributed by atoms with Gasteiger partial charge < -0.3 is 5.32 Å². The average Bonchev–Trinajstić information content (AvgIpc) is 2.88. The van der Waals surface area contributed by atoms with Crippen molar-refractivity contribution in [2.45, 2.75) is 22.8 Å². The van der Waals surface area contributed by atoms with Crippen LogP contribution in [0.15, 0.2) is 24.3 Å². The number of carbonyl (C=O) groups is 1. The Morgan fingerprint density at radius 1 is 1.20 bits per heavy atom. The largest absolute Gasteiger partial charge is 0.332 e. The van der Waals surface area contributed by atoms with Gasteiger partial charge in [-0.15, -0.1) is 0 Å². The molecule has 110 valence electrons. The normalized spacial score (nSPS) is 18.0. The number of benzene rings is 1. The zero-order valence-electron chi connectivity index (χ0n) is 10.6. The van der Waals surface area contributed by atoms with Crippen molar-refractivity contribution in [2.75, 3.05) is 13.1 Å². The van der Waals surface area contributed by atoms with Crippen molar-refractivity contribution < 1.29 is 4.79 Å². The van der Waals surface area contributed by atoms with Crippen LogP contribution in [-0.4, -0.2) is 33.9 Å². The third-order valence-electron chi connectivity index (χ3n) is 3.20. The minimum atomic E-state index is -1.60. The summed E-state index contributed by atoms with van der Waals surface area (Å²) in [5.74, 6) is -0.348. The average molecular weight is 356 g/mol. The number of nitrogens with zero attached hydrogens (tertiary/aromatic N) is 1. The summed E-state index contributed by atoms with van der Waals surface area (Å²) in [6.07, 6.45) is 1.39. The Morgan fingerprint density at radius 3 is 2.35 bits per heavy atom. The molecule has 1 aromatic carbocycles. The van der Waals surface area contributed by atoms with Gasteiger partial charge in [0.15, 0.2) is 0 Å². The molecule has 1 aliphatic rings. The smallest absolute Gasteiger partial charge is 0.254 e. The first-order valence-electron chi connectivity index (χ1n) is 6.26. The molecule has 1 heterocycles. The fraction of sp³-hybridized carbons (Fsp3) is 0.462. The van der Waals surface area contributed by atoms with E-state index in [1.54, 1.807) is 24.3 Å². The predicted octanol–water partition coefficient (Wildman–Crippen LogP) is 3.86. The number of likely N-dealkylation sites (tertiary alicyclic amines) is 1. The van der Waals surface area contributed by atoms with E-state index in [9.17, 15) is 4.79 Å². The zero-order valence-corrected chi connectivity index (χ0v) is 13.6. The highest BCUT2D eigenvalue weighted by Crippen LogP contribution is 2.34. The fourth-order valence-corrected chi connectivity index (χ4v) is 3.03. The van der Waals surface area contributed by atoms with E-state index in [-0.39, 0.29) is 5.91 Å². The quantitative estimate of drug-likeness (QED) is 0.835. The summed E-state index contributed by atoms with van der Waals surface area (Å²) in [6, 6.07) is 6.78. The molecule has 3 nitrogen and oxygen atoms in total. The fourth-order valence-electron chi connectivity index (χ4n) is 2.23. The first kappa shape index (κ1) is 16.2. The topological polar surface area (TPSA) is 32.3 Å². The lowest BCUT2D eigenvalue weighted by molar-refractivity contribution is 0.0874. The van der Waals surface area contributed by atoms with Crippen LogP contribution in [-0.2, 0) is 0 Å². The van der Waals surface area contributed by atoms with Gasteiger partial charge in [0.1, 0.15) is 6.17 Å². The van der Waals surface area contributed by atoms with E-state index in [1.807, 2.05) is 4.90 Å². The molecule has 1 aliphatic heterocycles. The van der Waals surface area contributed by atoms with Crippen LogP contribution in [0.2, 0.25) is 5.02 Å². The van der Waals surface area contributed by atoms with Crippen LogP contribution in [0.4, 0.5) is 0 Å². The highest BCUT2D eigenvalue weighted by molar-refractivity contribution is 6.68. The van der Waals surface area contributed by atoms with Gasteiger partial charge in [0.05, 0.1) is 10.6 Å². The van der Waals surface area contributed by atoms with Crippen molar-refractivity contribution in [2.24, 2.45) is 0 Å². The van der Waals surface area contributed by atoms with Crippen molar-refractivity contribution in [3.05, 3.63) is 34.9 Å². The zero-order chi connectivity index (χ0) is 14.8. The third-order valence-corrected chi connectivity index (χ3v) is 4.15. The molecule has 0 spiro atoms. The van der Waals surface area contributed by atoms with Crippen molar-refractivity contribution in [3.63, 3.8) is 0 Å². The summed E-state index contributed by atoms with van der Waals surface area (Å²) in [6.45, 7) is 1.59. The first-order chi connectivity index (χ1) is 9.39.